The van der Waals surface area contributed by atoms with Crippen LogP contribution in [-0.4, -0.2) is 100 Å². The van der Waals surface area contributed by atoms with Gasteiger partial charge in [-0.1, -0.05) is 0 Å². The number of rotatable bonds is 8. The first-order valence-electron chi connectivity index (χ1n) is 7.50. The van der Waals surface area contributed by atoms with Crippen LogP contribution < -0.4 is 5.32 Å². The monoisotopic (exact) mass is 286 g/mol. The van der Waals surface area contributed by atoms with E-state index in [0.29, 0.717) is 6.61 Å². The van der Waals surface area contributed by atoms with Crippen molar-refractivity contribution >= 4 is 5.97 Å². The molecule has 6 nitrogen and oxygen atoms in total. The molecule has 1 unspecified atom stereocenters. The standard InChI is InChI=1S/C14H30N4O2/c1-5-20-14(19)13(15-2)12-18-10-8-17(9-11-18)7-6-16(3)4/h13,15H,5-12H2,1-4H3. The highest BCUT2D eigenvalue weighted by molar-refractivity contribution is 5.76. The SMILES string of the molecule is CCOC(=O)C(CN1CCN(CCN(C)C)CC1)NC. The molecule has 20 heavy (non-hydrogen) atoms. The molecule has 1 N–H and O–H groups in total. The van der Waals surface area contributed by atoms with Gasteiger partial charge in [0.2, 0.25) is 0 Å². The summed E-state index contributed by atoms with van der Waals surface area (Å²) in [6, 6.07) is -0.219. The second-order valence-electron chi connectivity index (χ2n) is 5.54. The van der Waals surface area contributed by atoms with Crippen molar-refractivity contribution in [3.05, 3.63) is 0 Å². The molecule has 1 rings (SSSR count). The van der Waals surface area contributed by atoms with Crippen molar-refractivity contribution < 1.29 is 9.53 Å². The Balaban J connectivity index is 2.28. The highest BCUT2D eigenvalue weighted by Crippen LogP contribution is 2.03. The molecule has 0 radical (unpaired) electrons. The first kappa shape index (κ1) is 17.4. The van der Waals surface area contributed by atoms with Crippen molar-refractivity contribution in [2.75, 3.05) is 73.6 Å². The van der Waals surface area contributed by atoms with E-state index < -0.39 is 0 Å². The zero-order chi connectivity index (χ0) is 15.0. The Morgan fingerprint density at radius 1 is 1.25 bits per heavy atom. The van der Waals surface area contributed by atoms with Gasteiger partial charge in [0.1, 0.15) is 6.04 Å². The minimum Gasteiger partial charge on any atom is -0.465 e. The third-order valence-electron chi connectivity index (χ3n) is 3.69. The molecule has 1 heterocycles. The Morgan fingerprint density at radius 3 is 2.35 bits per heavy atom. The first-order valence-corrected chi connectivity index (χ1v) is 7.50. The average Bonchev–Trinajstić information content (AvgIpc) is 2.44. The fraction of sp³-hybridized carbons (Fsp3) is 0.929. The van der Waals surface area contributed by atoms with Gasteiger partial charge in [0.05, 0.1) is 6.61 Å². The van der Waals surface area contributed by atoms with E-state index in [0.717, 1.165) is 45.8 Å². The summed E-state index contributed by atoms with van der Waals surface area (Å²) in [6.45, 7) is 9.42. The number of carbonyl (C=O) groups excluding carboxylic acids is 1. The molecule has 0 aliphatic carbocycles. The summed E-state index contributed by atoms with van der Waals surface area (Å²) in [5, 5.41) is 3.05. The van der Waals surface area contributed by atoms with E-state index in [-0.39, 0.29) is 12.0 Å². The van der Waals surface area contributed by atoms with Gasteiger partial charge in [-0.2, -0.15) is 0 Å². The van der Waals surface area contributed by atoms with Gasteiger partial charge in [-0.15, -0.1) is 0 Å². The van der Waals surface area contributed by atoms with Gasteiger partial charge < -0.3 is 15.0 Å². The van der Waals surface area contributed by atoms with E-state index in [1.807, 2.05) is 14.0 Å². The number of nitrogens with zero attached hydrogens (tertiary/aromatic N) is 3. The molecule has 1 aliphatic heterocycles. The van der Waals surface area contributed by atoms with E-state index in [2.05, 4.69) is 34.1 Å². The van der Waals surface area contributed by atoms with Gasteiger partial charge in [0.25, 0.3) is 0 Å². The maximum Gasteiger partial charge on any atom is 0.324 e. The minimum atomic E-state index is -0.219. The predicted octanol–water partition coefficient (Wildman–Crippen LogP) is -0.683. The van der Waals surface area contributed by atoms with Gasteiger partial charge in [0, 0.05) is 45.8 Å². The Bertz CT molecular complexity index is 278. The molecule has 1 saturated heterocycles. The lowest BCUT2D eigenvalue weighted by atomic mass is 10.2. The zero-order valence-electron chi connectivity index (χ0n) is 13.4. The maximum atomic E-state index is 11.8. The normalized spacial score (nSPS) is 19.2. The molecule has 1 atom stereocenters. The van der Waals surface area contributed by atoms with Crippen LogP contribution in [0.4, 0.5) is 0 Å². The van der Waals surface area contributed by atoms with E-state index in [4.69, 9.17) is 4.74 Å². The molecule has 0 aromatic carbocycles. The van der Waals surface area contributed by atoms with Crippen LogP contribution >= 0.6 is 0 Å². The Morgan fingerprint density at radius 2 is 1.85 bits per heavy atom. The number of hydrogen-bond acceptors (Lipinski definition) is 6. The fourth-order valence-electron chi connectivity index (χ4n) is 2.32. The van der Waals surface area contributed by atoms with E-state index >= 15 is 0 Å². The summed E-state index contributed by atoms with van der Waals surface area (Å²) in [5.74, 6) is -0.148. The topological polar surface area (TPSA) is 48.1 Å². The van der Waals surface area contributed by atoms with Gasteiger partial charge in [0.15, 0.2) is 0 Å². The summed E-state index contributed by atoms with van der Waals surface area (Å²) in [4.78, 5) is 18.8. The molecule has 0 aromatic rings. The molecule has 118 valence electrons. The van der Waals surface area contributed by atoms with Crippen LogP contribution in [0.1, 0.15) is 6.92 Å². The Labute approximate surface area is 123 Å². The van der Waals surface area contributed by atoms with Crippen molar-refractivity contribution in [1.82, 2.24) is 20.0 Å². The quantitative estimate of drug-likeness (QED) is 0.597. The molecule has 6 heteroatoms. The van der Waals surface area contributed by atoms with Crippen molar-refractivity contribution in [2.24, 2.45) is 0 Å². The first-order chi connectivity index (χ1) is 9.56. The van der Waals surface area contributed by atoms with E-state index in [1.165, 1.54) is 0 Å². The van der Waals surface area contributed by atoms with Crippen LogP contribution in [0.2, 0.25) is 0 Å². The van der Waals surface area contributed by atoms with E-state index in [9.17, 15) is 4.79 Å². The van der Waals surface area contributed by atoms with Crippen molar-refractivity contribution in [3.8, 4) is 0 Å². The van der Waals surface area contributed by atoms with Crippen molar-refractivity contribution in [3.63, 3.8) is 0 Å². The number of nitrogens with one attached hydrogen (secondary N) is 1. The second kappa shape index (κ2) is 9.28. The Kier molecular flexibility index (Phi) is 8.06. The lowest BCUT2D eigenvalue weighted by Crippen LogP contribution is -2.53. The summed E-state index contributed by atoms with van der Waals surface area (Å²) in [5.41, 5.74) is 0. The largest absolute Gasteiger partial charge is 0.465 e. The highest BCUT2D eigenvalue weighted by atomic mass is 16.5. The van der Waals surface area contributed by atoms with Gasteiger partial charge in [-0.3, -0.25) is 14.6 Å². The summed E-state index contributed by atoms with van der Waals surface area (Å²) >= 11 is 0. The molecule has 0 amide bonds. The van der Waals surface area contributed by atoms with Crippen LogP contribution in [0.3, 0.4) is 0 Å². The summed E-state index contributed by atoms with van der Waals surface area (Å²) in [6.07, 6.45) is 0. The van der Waals surface area contributed by atoms with Crippen LogP contribution in [0.25, 0.3) is 0 Å². The number of piperazine rings is 1. The molecule has 1 aliphatic rings. The van der Waals surface area contributed by atoms with E-state index in [1.54, 1.807) is 0 Å². The van der Waals surface area contributed by atoms with Crippen LogP contribution in [0.15, 0.2) is 0 Å². The number of likely N-dealkylation sites (N-methyl/N-ethyl adjacent to an activating group) is 2. The summed E-state index contributed by atoms with van der Waals surface area (Å²) in [7, 11) is 6.02. The van der Waals surface area contributed by atoms with Crippen molar-refractivity contribution in [2.45, 2.75) is 13.0 Å². The highest BCUT2D eigenvalue weighted by Gasteiger charge is 2.24. The lowest BCUT2D eigenvalue weighted by molar-refractivity contribution is -0.146. The number of ether oxygens (including phenoxy) is 1. The zero-order valence-corrected chi connectivity index (χ0v) is 13.4. The molecule has 0 spiro atoms. The smallest absolute Gasteiger partial charge is 0.324 e. The van der Waals surface area contributed by atoms with Gasteiger partial charge in [-0.25, -0.2) is 0 Å². The van der Waals surface area contributed by atoms with Crippen molar-refractivity contribution in [1.29, 1.82) is 0 Å². The number of hydrogen-bond donors (Lipinski definition) is 1. The molecular weight excluding hydrogens is 256 g/mol. The average molecular weight is 286 g/mol. The third kappa shape index (κ3) is 6.17. The van der Waals surface area contributed by atoms with Gasteiger partial charge >= 0.3 is 5.97 Å². The molecular formula is C14H30N4O2. The molecule has 0 saturated carbocycles. The predicted molar refractivity (Wildman–Crippen MR) is 80.9 cm³/mol. The maximum absolute atomic E-state index is 11.8. The lowest BCUT2D eigenvalue weighted by Gasteiger charge is -2.36. The van der Waals surface area contributed by atoms with Crippen LogP contribution in [-0.2, 0) is 9.53 Å². The third-order valence-corrected chi connectivity index (χ3v) is 3.69. The van der Waals surface area contributed by atoms with Crippen LogP contribution in [0.5, 0.6) is 0 Å². The summed E-state index contributed by atoms with van der Waals surface area (Å²) < 4.78 is 5.08. The van der Waals surface area contributed by atoms with Crippen LogP contribution in [0, 0.1) is 0 Å². The second-order valence-corrected chi connectivity index (χ2v) is 5.54. The number of esters is 1. The molecule has 1 fully saturated rings. The molecule has 0 bridgehead atoms. The minimum absolute atomic E-state index is 0.148. The molecule has 0 aromatic heterocycles. The fourth-order valence-corrected chi connectivity index (χ4v) is 2.32. The van der Waals surface area contributed by atoms with Gasteiger partial charge in [-0.05, 0) is 28.1 Å². The number of carbonyl (C=O) groups is 1. The Hall–Kier alpha value is -0.690.